The Balaban J connectivity index is 2.03. The van der Waals surface area contributed by atoms with Gasteiger partial charge in [0.25, 0.3) is 5.60 Å². The summed E-state index contributed by atoms with van der Waals surface area (Å²) in [5.74, 6) is 2.30. The second kappa shape index (κ2) is 11.9. The maximum atomic E-state index is 14.6. The highest BCUT2D eigenvalue weighted by Gasteiger charge is 2.56. The van der Waals surface area contributed by atoms with Crippen LogP contribution in [0.4, 0.5) is 18.9 Å². The number of carbonyl (C=O) groups is 1. The number of halogens is 4. The van der Waals surface area contributed by atoms with Crippen molar-refractivity contribution in [3.8, 4) is 11.8 Å². The summed E-state index contributed by atoms with van der Waals surface area (Å²) < 4.78 is 48.4. The first-order valence-corrected chi connectivity index (χ1v) is 12.7. The molecule has 204 valence electrons. The Labute approximate surface area is 235 Å². The quantitative estimate of drug-likeness (QED) is 0.109. The molecule has 0 aliphatic carbocycles. The second-order valence-corrected chi connectivity index (χ2v) is 9.28. The van der Waals surface area contributed by atoms with Crippen LogP contribution in [0.1, 0.15) is 29.2 Å². The normalized spacial score (nSPS) is 12.9. The van der Waals surface area contributed by atoms with Crippen LogP contribution in [0.25, 0.3) is 0 Å². The van der Waals surface area contributed by atoms with E-state index in [9.17, 15) is 23.1 Å². The molecule has 8 heteroatoms. The molecule has 0 fully saturated rings. The summed E-state index contributed by atoms with van der Waals surface area (Å²) in [4.78, 5) is 11.9. The van der Waals surface area contributed by atoms with E-state index < -0.39 is 28.8 Å². The van der Waals surface area contributed by atoms with Crippen molar-refractivity contribution in [1.29, 1.82) is 0 Å². The van der Waals surface area contributed by atoms with E-state index in [1.165, 1.54) is 19.1 Å². The largest absolute Gasteiger partial charge is 0.456 e. The van der Waals surface area contributed by atoms with Crippen molar-refractivity contribution in [1.82, 2.24) is 0 Å². The lowest BCUT2D eigenvalue weighted by atomic mass is 9.76. The number of esters is 1. The van der Waals surface area contributed by atoms with Crippen molar-refractivity contribution in [3.05, 3.63) is 136 Å². The van der Waals surface area contributed by atoms with Crippen LogP contribution in [0, 0.1) is 11.8 Å². The minimum Gasteiger partial charge on any atom is -0.456 e. The van der Waals surface area contributed by atoms with Crippen LogP contribution >= 0.6 is 11.6 Å². The van der Waals surface area contributed by atoms with Crippen LogP contribution < -0.4 is 5.32 Å². The van der Waals surface area contributed by atoms with E-state index >= 15 is 0 Å². The van der Waals surface area contributed by atoms with Gasteiger partial charge in [-0.25, -0.2) is 4.79 Å². The van der Waals surface area contributed by atoms with E-state index in [1.807, 2.05) is 91.0 Å². The van der Waals surface area contributed by atoms with Gasteiger partial charge in [0, 0.05) is 22.2 Å². The number of rotatable bonds is 7. The molecule has 0 aromatic heterocycles. The predicted octanol–water partition coefficient (Wildman–Crippen LogP) is 7.06. The zero-order chi connectivity index (χ0) is 28.8. The molecule has 0 aliphatic heterocycles. The smallest absolute Gasteiger partial charge is 0.433 e. The number of alkyl halides is 3. The van der Waals surface area contributed by atoms with Crippen LogP contribution in [0.2, 0.25) is 5.02 Å². The number of hydrogen-bond acceptors (Lipinski definition) is 4. The third-order valence-corrected chi connectivity index (χ3v) is 6.58. The summed E-state index contributed by atoms with van der Waals surface area (Å²) in [6.07, 6.45) is -5.30. The van der Waals surface area contributed by atoms with E-state index in [4.69, 9.17) is 11.6 Å². The standard InChI is InChI=1S/C32H25ClF3NO3/c1-2-40-29(38)20-21-30(39,32(34,35)36)27-22-26(33)18-19-28(27)37-31(23-12-6-3-7-13-23,24-14-8-4-9-15-24)25-16-10-5-11-17-25/h3-19,22,37,39H,2H2,1H3. The van der Waals surface area contributed by atoms with E-state index in [1.54, 1.807) is 11.8 Å². The second-order valence-electron chi connectivity index (χ2n) is 8.84. The Morgan fingerprint density at radius 2 is 1.32 bits per heavy atom. The Morgan fingerprint density at radius 1 is 0.850 bits per heavy atom. The molecule has 0 heterocycles. The van der Waals surface area contributed by atoms with Crippen molar-refractivity contribution in [2.45, 2.75) is 24.2 Å². The fourth-order valence-corrected chi connectivity index (χ4v) is 4.68. The average molecular weight is 564 g/mol. The van der Waals surface area contributed by atoms with Gasteiger partial charge in [0.15, 0.2) is 0 Å². The van der Waals surface area contributed by atoms with E-state index in [0.717, 1.165) is 22.8 Å². The molecule has 2 N–H and O–H groups in total. The minimum atomic E-state index is -5.30. The number of hydrogen-bond donors (Lipinski definition) is 2. The SMILES string of the molecule is CCOC(=O)C#CC(O)(c1cc(Cl)ccc1NC(c1ccccc1)(c1ccccc1)c1ccccc1)C(F)(F)F. The van der Waals surface area contributed by atoms with Gasteiger partial charge in [-0.2, -0.15) is 13.2 Å². The van der Waals surface area contributed by atoms with Gasteiger partial charge >= 0.3 is 12.1 Å². The lowest BCUT2D eigenvalue weighted by Crippen LogP contribution is -2.44. The minimum absolute atomic E-state index is 0.0640. The Hall–Kier alpha value is -4.25. The summed E-state index contributed by atoms with van der Waals surface area (Å²) in [5, 5.41) is 14.4. The van der Waals surface area contributed by atoms with Gasteiger partial charge in [-0.15, -0.1) is 0 Å². The molecule has 0 spiro atoms. The molecule has 4 aromatic rings. The van der Waals surface area contributed by atoms with Crippen molar-refractivity contribution in [2.75, 3.05) is 11.9 Å². The Kier molecular flexibility index (Phi) is 8.53. The molecule has 1 atom stereocenters. The van der Waals surface area contributed by atoms with Gasteiger partial charge in [-0.1, -0.05) is 103 Å². The average Bonchev–Trinajstić information content (AvgIpc) is 2.96. The maximum Gasteiger partial charge on any atom is 0.433 e. The Morgan fingerprint density at radius 3 is 1.75 bits per heavy atom. The number of carbonyl (C=O) groups excluding carboxylic acids is 1. The highest BCUT2D eigenvalue weighted by atomic mass is 35.5. The lowest BCUT2D eigenvalue weighted by molar-refractivity contribution is -0.240. The van der Waals surface area contributed by atoms with Gasteiger partial charge < -0.3 is 15.2 Å². The van der Waals surface area contributed by atoms with Crippen molar-refractivity contribution < 1.29 is 27.8 Å². The number of benzene rings is 4. The van der Waals surface area contributed by atoms with Gasteiger partial charge in [0.05, 0.1) is 6.61 Å². The molecular weight excluding hydrogens is 539 g/mol. The van der Waals surface area contributed by atoms with Gasteiger partial charge in [0.2, 0.25) is 0 Å². The topological polar surface area (TPSA) is 58.6 Å². The predicted molar refractivity (Wildman–Crippen MR) is 149 cm³/mol. The summed E-state index contributed by atoms with van der Waals surface area (Å²) in [5.41, 5.74) is -3.57. The molecule has 0 aliphatic rings. The van der Waals surface area contributed by atoms with Crippen molar-refractivity contribution in [2.24, 2.45) is 0 Å². The highest BCUT2D eigenvalue weighted by molar-refractivity contribution is 6.30. The summed E-state index contributed by atoms with van der Waals surface area (Å²) in [6.45, 7) is 1.40. The first kappa shape index (κ1) is 28.8. The summed E-state index contributed by atoms with van der Waals surface area (Å²) >= 11 is 6.16. The van der Waals surface area contributed by atoms with E-state index in [2.05, 4.69) is 10.1 Å². The molecule has 0 amide bonds. The molecule has 4 nitrogen and oxygen atoms in total. The van der Waals surface area contributed by atoms with Gasteiger partial charge in [-0.05, 0) is 47.7 Å². The number of nitrogens with one attached hydrogen (secondary N) is 1. The zero-order valence-electron chi connectivity index (χ0n) is 21.4. The van der Waals surface area contributed by atoms with E-state index in [0.29, 0.717) is 0 Å². The fraction of sp³-hybridized carbons (Fsp3) is 0.156. The first-order chi connectivity index (χ1) is 19.1. The highest BCUT2D eigenvalue weighted by Crippen LogP contribution is 2.46. The summed E-state index contributed by atoms with van der Waals surface area (Å²) in [6, 6.07) is 31.4. The molecule has 0 radical (unpaired) electrons. The van der Waals surface area contributed by atoms with Crippen molar-refractivity contribution >= 4 is 23.3 Å². The van der Waals surface area contributed by atoms with Gasteiger partial charge in [0.1, 0.15) is 5.54 Å². The number of anilines is 1. The molecule has 4 rings (SSSR count). The fourth-order valence-electron chi connectivity index (χ4n) is 4.51. The molecular formula is C32H25ClF3NO3. The van der Waals surface area contributed by atoms with Crippen LogP contribution in [-0.4, -0.2) is 23.9 Å². The van der Waals surface area contributed by atoms with Crippen LogP contribution in [-0.2, 0) is 20.7 Å². The zero-order valence-corrected chi connectivity index (χ0v) is 22.1. The van der Waals surface area contributed by atoms with Crippen LogP contribution in [0.15, 0.2) is 109 Å². The third-order valence-electron chi connectivity index (χ3n) is 6.35. The first-order valence-electron chi connectivity index (χ1n) is 12.4. The molecule has 4 aromatic carbocycles. The summed E-state index contributed by atoms with van der Waals surface area (Å²) in [7, 11) is 0. The number of aliphatic hydroxyl groups is 1. The van der Waals surface area contributed by atoms with Crippen LogP contribution in [0.3, 0.4) is 0 Å². The third kappa shape index (κ3) is 5.69. The molecule has 40 heavy (non-hydrogen) atoms. The van der Waals surface area contributed by atoms with Crippen molar-refractivity contribution in [3.63, 3.8) is 0 Å². The number of ether oxygens (including phenoxy) is 1. The molecule has 0 saturated heterocycles. The molecule has 0 bridgehead atoms. The van der Waals surface area contributed by atoms with Crippen LogP contribution in [0.5, 0.6) is 0 Å². The van der Waals surface area contributed by atoms with E-state index in [-0.39, 0.29) is 17.3 Å². The monoisotopic (exact) mass is 563 g/mol. The van der Waals surface area contributed by atoms with Gasteiger partial charge in [-0.3, -0.25) is 0 Å². The lowest BCUT2D eigenvalue weighted by Gasteiger charge is -2.39. The molecule has 0 saturated carbocycles. The maximum absolute atomic E-state index is 14.6. The molecule has 1 unspecified atom stereocenters. The Bertz CT molecular complexity index is 1420.